The Bertz CT molecular complexity index is 460. The van der Waals surface area contributed by atoms with Crippen molar-refractivity contribution in [2.24, 2.45) is 0 Å². The lowest BCUT2D eigenvalue weighted by Gasteiger charge is -2.18. The molecule has 1 rings (SSSR count). The lowest BCUT2D eigenvalue weighted by Crippen LogP contribution is -2.29. The smallest absolute Gasteiger partial charge is 0.243 e. The van der Waals surface area contributed by atoms with Gasteiger partial charge in [-0.1, -0.05) is 18.2 Å². The third-order valence-corrected chi connectivity index (χ3v) is 4.99. The van der Waals surface area contributed by atoms with Gasteiger partial charge in [0.25, 0.3) is 0 Å². The Hall–Kier alpha value is -0.560. The minimum Gasteiger partial charge on any atom is -0.392 e. The third-order valence-electron chi connectivity index (χ3n) is 2.44. The Morgan fingerprint density at radius 3 is 2.59 bits per heavy atom. The van der Waals surface area contributed by atoms with Crippen LogP contribution in [0.15, 0.2) is 29.2 Å². The van der Waals surface area contributed by atoms with Crippen molar-refractivity contribution >= 4 is 21.8 Å². The maximum absolute atomic E-state index is 12.2. The normalized spacial score (nSPS) is 12.0. The van der Waals surface area contributed by atoms with Crippen LogP contribution >= 0.6 is 11.8 Å². The number of benzene rings is 1. The van der Waals surface area contributed by atoms with Crippen molar-refractivity contribution in [3.63, 3.8) is 0 Å². The summed E-state index contributed by atoms with van der Waals surface area (Å²) >= 11 is 1.60. The molecule has 0 fully saturated rings. The van der Waals surface area contributed by atoms with Crippen LogP contribution in [-0.2, 0) is 16.6 Å². The van der Waals surface area contributed by atoms with Crippen molar-refractivity contribution in [2.45, 2.75) is 11.5 Å². The first-order chi connectivity index (χ1) is 8.04. The highest BCUT2D eigenvalue weighted by atomic mass is 32.2. The summed E-state index contributed by atoms with van der Waals surface area (Å²) in [6, 6.07) is 6.52. The SMILES string of the molecule is CSCCN(C)S(=O)(=O)c1ccccc1CO. The number of nitrogens with zero attached hydrogens (tertiary/aromatic N) is 1. The summed E-state index contributed by atoms with van der Waals surface area (Å²) < 4.78 is 25.8. The molecule has 1 aromatic carbocycles. The van der Waals surface area contributed by atoms with Gasteiger partial charge in [-0.15, -0.1) is 0 Å². The average Bonchev–Trinajstić information content (AvgIpc) is 2.35. The number of hydrogen-bond donors (Lipinski definition) is 1. The highest BCUT2D eigenvalue weighted by molar-refractivity contribution is 7.98. The number of aliphatic hydroxyl groups excluding tert-OH is 1. The van der Waals surface area contributed by atoms with Gasteiger partial charge in [-0.05, 0) is 17.9 Å². The van der Waals surface area contributed by atoms with Gasteiger partial charge < -0.3 is 5.11 Å². The number of aliphatic hydroxyl groups is 1. The number of sulfonamides is 1. The first kappa shape index (κ1) is 14.5. The predicted octanol–water partition coefficient (Wildman–Crippen LogP) is 1.16. The highest BCUT2D eigenvalue weighted by Gasteiger charge is 2.22. The Balaban J connectivity index is 3.04. The first-order valence-electron chi connectivity index (χ1n) is 5.18. The molecule has 0 heterocycles. The second-order valence-corrected chi connectivity index (χ2v) is 6.58. The monoisotopic (exact) mass is 275 g/mol. The lowest BCUT2D eigenvalue weighted by molar-refractivity contribution is 0.278. The molecule has 0 saturated heterocycles. The van der Waals surface area contributed by atoms with Crippen LogP contribution in [0.2, 0.25) is 0 Å². The zero-order valence-electron chi connectivity index (χ0n) is 9.96. The third kappa shape index (κ3) is 3.45. The number of thioether (sulfide) groups is 1. The molecule has 0 aliphatic rings. The summed E-state index contributed by atoms with van der Waals surface area (Å²) in [4.78, 5) is 0.186. The van der Waals surface area contributed by atoms with Crippen LogP contribution in [0.1, 0.15) is 5.56 Å². The van der Waals surface area contributed by atoms with Crippen molar-refractivity contribution in [1.29, 1.82) is 0 Å². The summed E-state index contributed by atoms with van der Waals surface area (Å²) in [5, 5.41) is 9.15. The van der Waals surface area contributed by atoms with Crippen LogP contribution in [0.4, 0.5) is 0 Å². The van der Waals surface area contributed by atoms with Crippen molar-refractivity contribution in [1.82, 2.24) is 4.31 Å². The van der Waals surface area contributed by atoms with E-state index in [1.54, 1.807) is 37.0 Å². The molecular weight excluding hydrogens is 258 g/mol. The van der Waals surface area contributed by atoms with Crippen molar-refractivity contribution in [3.8, 4) is 0 Å². The molecule has 0 aliphatic heterocycles. The zero-order valence-corrected chi connectivity index (χ0v) is 11.6. The van der Waals surface area contributed by atoms with E-state index in [-0.39, 0.29) is 11.5 Å². The maximum atomic E-state index is 12.2. The maximum Gasteiger partial charge on any atom is 0.243 e. The zero-order chi connectivity index (χ0) is 12.9. The van der Waals surface area contributed by atoms with Crippen molar-refractivity contribution < 1.29 is 13.5 Å². The number of hydrogen-bond acceptors (Lipinski definition) is 4. The highest BCUT2D eigenvalue weighted by Crippen LogP contribution is 2.19. The van der Waals surface area contributed by atoms with E-state index < -0.39 is 10.0 Å². The largest absolute Gasteiger partial charge is 0.392 e. The van der Waals surface area contributed by atoms with Crippen molar-refractivity contribution in [2.75, 3.05) is 25.6 Å². The molecule has 4 nitrogen and oxygen atoms in total. The van der Waals surface area contributed by atoms with Gasteiger partial charge in [-0.2, -0.15) is 11.8 Å². The van der Waals surface area contributed by atoms with Gasteiger partial charge in [0, 0.05) is 19.3 Å². The van der Waals surface area contributed by atoms with Gasteiger partial charge in [0.05, 0.1) is 11.5 Å². The minimum atomic E-state index is -3.49. The summed E-state index contributed by atoms with van der Waals surface area (Å²) in [7, 11) is -1.94. The first-order valence-corrected chi connectivity index (χ1v) is 8.01. The molecule has 0 saturated carbocycles. The molecule has 0 radical (unpaired) electrons. The minimum absolute atomic E-state index is 0.186. The predicted molar refractivity (Wildman–Crippen MR) is 70.6 cm³/mol. The second-order valence-electron chi connectivity index (χ2n) is 3.59. The van der Waals surface area contributed by atoms with E-state index in [1.807, 2.05) is 6.26 Å². The number of rotatable bonds is 6. The van der Waals surface area contributed by atoms with Crippen LogP contribution in [-0.4, -0.2) is 43.4 Å². The van der Waals surface area contributed by atoms with Crippen LogP contribution < -0.4 is 0 Å². The molecule has 0 aliphatic carbocycles. The molecule has 0 aromatic heterocycles. The second kappa shape index (κ2) is 6.39. The molecule has 0 unspecified atom stereocenters. The molecule has 96 valence electrons. The summed E-state index contributed by atoms with van der Waals surface area (Å²) in [6.07, 6.45) is 1.93. The molecular formula is C11H17NO3S2. The van der Waals surface area contributed by atoms with Gasteiger partial charge in [0.1, 0.15) is 0 Å². The van der Waals surface area contributed by atoms with E-state index in [2.05, 4.69) is 0 Å². The molecule has 0 bridgehead atoms. The fourth-order valence-electron chi connectivity index (χ4n) is 1.39. The fourth-order valence-corrected chi connectivity index (χ4v) is 3.35. The Labute approximate surface area is 107 Å². The van der Waals surface area contributed by atoms with E-state index in [0.717, 1.165) is 5.75 Å². The van der Waals surface area contributed by atoms with E-state index >= 15 is 0 Å². The Morgan fingerprint density at radius 2 is 2.00 bits per heavy atom. The van der Waals surface area contributed by atoms with E-state index in [9.17, 15) is 8.42 Å². The Kier molecular flexibility index (Phi) is 5.45. The van der Waals surface area contributed by atoms with E-state index in [1.165, 1.54) is 10.4 Å². The molecule has 1 aromatic rings. The molecule has 0 atom stereocenters. The van der Waals surface area contributed by atoms with E-state index in [4.69, 9.17) is 5.11 Å². The molecule has 0 amide bonds. The van der Waals surface area contributed by atoms with Crippen LogP contribution in [0.3, 0.4) is 0 Å². The Morgan fingerprint density at radius 1 is 1.35 bits per heavy atom. The fraction of sp³-hybridized carbons (Fsp3) is 0.455. The van der Waals surface area contributed by atoms with Gasteiger partial charge in [-0.3, -0.25) is 0 Å². The van der Waals surface area contributed by atoms with E-state index in [0.29, 0.717) is 12.1 Å². The standard InChI is InChI=1S/C11H17NO3S2/c1-12(7-8-16-2)17(14,15)11-6-4-3-5-10(11)9-13/h3-6,13H,7-9H2,1-2H3. The van der Waals surface area contributed by atoms with Gasteiger partial charge in [0.15, 0.2) is 0 Å². The van der Waals surface area contributed by atoms with Crippen molar-refractivity contribution in [3.05, 3.63) is 29.8 Å². The topological polar surface area (TPSA) is 57.6 Å². The quantitative estimate of drug-likeness (QED) is 0.846. The van der Waals surface area contributed by atoms with Crippen LogP contribution in [0.5, 0.6) is 0 Å². The summed E-state index contributed by atoms with van der Waals surface area (Å²) in [6.45, 7) is 0.190. The molecule has 0 spiro atoms. The molecule has 6 heteroatoms. The summed E-state index contributed by atoms with van der Waals surface area (Å²) in [5.41, 5.74) is 0.434. The average molecular weight is 275 g/mol. The van der Waals surface area contributed by atoms with Crippen LogP contribution in [0, 0.1) is 0 Å². The molecule has 17 heavy (non-hydrogen) atoms. The van der Waals surface area contributed by atoms with Gasteiger partial charge in [0.2, 0.25) is 10.0 Å². The van der Waals surface area contributed by atoms with Crippen LogP contribution in [0.25, 0.3) is 0 Å². The summed E-state index contributed by atoms with van der Waals surface area (Å²) in [5.74, 6) is 0.747. The lowest BCUT2D eigenvalue weighted by atomic mass is 10.2. The van der Waals surface area contributed by atoms with Gasteiger partial charge >= 0.3 is 0 Å². The molecule has 1 N–H and O–H groups in total. The van der Waals surface area contributed by atoms with Gasteiger partial charge in [-0.25, -0.2) is 12.7 Å².